The van der Waals surface area contributed by atoms with Crippen LogP contribution in [0.1, 0.15) is 5.89 Å². The van der Waals surface area contributed by atoms with Crippen molar-refractivity contribution in [2.75, 3.05) is 20.8 Å². The number of methoxy groups -OCH3 is 1. The number of carbonyl (C=O) groups is 1. The number of aromatic nitrogens is 2. The highest BCUT2D eigenvalue weighted by Gasteiger charge is 2.15. The number of carbonyl (C=O) groups excluding carboxylic acids is 1. The molecule has 0 radical (unpaired) electrons. The largest absolute Gasteiger partial charge is 0.497 e. The molecule has 8 heteroatoms. The molecule has 0 fully saturated rings. The molecule has 1 aromatic heterocycles. The molecule has 0 bridgehead atoms. The summed E-state index contributed by atoms with van der Waals surface area (Å²) in [7, 11) is 3.25. The second-order valence-corrected chi connectivity index (χ2v) is 6.65. The van der Waals surface area contributed by atoms with E-state index >= 15 is 0 Å². The van der Waals surface area contributed by atoms with E-state index in [9.17, 15) is 4.79 Å². The van der Waals surface area contributed by atoms with E-state index in [2.05, 4.69) is 26.1 Å². The number of hydrogen-bond donors (Lipinski definition) is 0. The summed E-state index contributed by atoms with van der Waals surface area (Å²) in [5.74, 6) is 1.94. The summed E-state index contributed by atoms with van der Waals surface area (Å²) < 4.78 is 16.7. The topological polar surface area (TPSA) is 77.7 Å². The number of likely N-dealkylation sites (N-methyl/N-ethyl adjacent to an activating group) is 1. The van der Waals surface area contributed by atoms with E-state index in [4.69, 9.17) is 14.0 Å². The summed E-state index contributed by atoms with van der Waals surface area (Å²) in [6, 6.07) is 14.6. The van der Waals surface area contributed by atoms with E-state index in [0.29, 0.717) is 17.5 Å². The van der Waals surface area contributed by atoms with E-state index in [1.807, 2.05) is 24.3 Å². The number of amides is 1. The number of benzene rings is 2. The average Bonchev–Trinajstić information content (AvgIpc) is 3.15. The lowest BCUT2D eigenvalue weighted by Crippen LogP contribution is -2.31. The standard InChI is InChI=1S/C19H18BrN3O4/c1-23(18(24)12-26-16-8-6-15(25-2)7-9-16)11-17-21-19(22-27-17)13-4-3-5-14(20)10-13/h3-10H,11-12H2,1-2H3. The Balaban J connectivity index is 1.55. The van der Waals surface area contributed by atoms with Gasteiger partial charge in [-0.15, -0.1) is 0 Å². The Morgan fingerprint density at radius 3 is 2.63 bits per heavy atom. The zero-order valence-electron chi connectivity index (χ0n) is 14.9. The minimum absolute atomic E-state index is 0.0878. The quantitative estimate of drug-likeness (QED) is 0.569. The zero-order valence-corrected chi connectivity index (χ0v) is 16.5. The second-order valence-electron chi connectivity index (χ2n) is 5.74. The molecule has 0 aliphatic carbocycles. The predicted octanol–water partition coefficient (Wildman–Crippen LogP) is 3.55. The van der Waals surface area contributed by atoms with Crippen LogP contribution in [-0.4, -0.2) is 41.7 Å². The van der Waals surface area contributed by atoms with Crippen molar-refractivity contribution in [3.63, 3.8) is 0 Å². The molecule has 3 aromatic rings. The number of ether oxygens (including phenoxy) is 2. The van der Waals surface area contributed by atoms with Gasteiger partial charge >= 0.3 is 0 Å². The molecule has 1 heterocycles. The lowest BCUT2D eigenvalue weighted by atomic mass is 10.2. The Hall–Kier alpha value is -2.87. The van der Waals surface area contributed by atoms with E-state index in [0.717, 1.165) is 15.8 Å². The van der Waals surface area contributed by atoms with Crippen LogP contribution in [0.25, 0.3) is 11.4 Å². The second kappa shape index (κ2) is 8.68. The smallest absolute Gasteiger partial charge is 0.260 e. The highest BCUT2D eigenvalue weighted by atomic mass is 79.9. The summed E-state index contributed by atoms with van der Waals surface area (Å²) in [6.45, 7) is 0.112. The number of nitrogens with zero attached hydrogens (tertiary/aromatic N) is 3. The fourth-order valence-electron chi connectivity index (χ4n) is 2.28. The lowest BCUT2D eigenvalue weighted by Gasteiger charge is -2.15. The molecule has 3 rings (SSSR count). The molecular weight excluding hydrogens is 414 g/mol. The zero-order chi connectivity index (χ0) is 19.2. The van der Waals surface area contributed by atoms with Crippen LogP contribution in [0.2, 0.25) is 0 Å². The monoisotopic (exact) mass is 431 g/mol. The maximum absolute atomic E-state index is 12.2. The molecule has 2 aromatic carbocycles. The van der Waals surface area contributed by atoms with Crippen LogP contribution in [0.15, 0.2) is 57.5 Å². The van der Waals surface area contributed by atoms with Gasteiger partial charge in [0.25, 0.3) is 5.91 Å². The van der Waals surface area contributed by atoms with Gasteiger partial charge in [0.1, 0.15) is 11.5 Å². The highest BCUT2D eigenvalue weighted by Crippen LogP contribution is 2.21. The van der Waals surface area contributed by atoms with Gasteiger partial charge in [-0.05, 0) is 36.4 Å². The van der Waals surface area contributed by atoms with Gasteiger partial charge in [-0.1, -0.05) is 33.2 Å². The van der Waals surface area contributed by atoms with Crippen LogP contribution in [0, 0.1) is 0 Å². The van der Waals surface area contributed by atoms with Crippen LogP contribution >= 0.6 is 15.9 Å². The van der Waals surface area contributed by atoms with Crippen LogP contribution in [0.5, 0.6) is 11.5 Å². The van der Waals surface area contributed by atoms with Gasteiger partial charge in [0.2, 0.25) is 11.7 Å². The molecule has 0 saturated carbocycles. The van der Waals surface area contributed by atoms with Gasteiger partial charge in [0.15, 0.2) is 6.61 Å². The first kappa shape index (κ1) is 18.9. The Kier molecular flexibility index (Phi) is 6.08. The van der Waals surface area contributed by atoms with Gasteiger partial charge in [-0.2, -0.15) is 4.98 Å². The third-order valence-electron chi connectivity index (χ3n) is 3.77. The Bertz CT molecular complexity index is 911. The molecule has 140 valence electrons. The van der Waals surface area contributed by atoms with Crippen LogP contribution in [0.3, 0.4) is 0 Å². The van der Waals surface area contributed by atoms with Gasteiger partial charge in [0, 0.05) is 17.1 Å². The number of rotatable bonds is 7. The number of halogens is 1. The van der Waals surface area contributed by atoms with Crippen molar-refractivity contribution < 1.29 is 18.8 Å². The van der Waals surface area contributed by atoms with Crippen LogP contribution < -0.4 is 9.47 Å². The van der Waals surface area contributed by atoms with Gasteiger partial charge in [-0.25, -0.2) is 0 Å². The van der Waals surface area contributed by atoms with E-state index in [1.165, 1.54) is 4.90 Å². The molecule has 0 unspecified atom stereocenters. The Morgan fingerprint density at radius 1 is 1.19 bits per heavy atom. The third-order valence-corrected chi connectivity index (χ3v) is 4.26. The van der Waals surface area contributed by atoms with Gasteiger partial charge in [-0.3, -0.25) is 4.79 Å². The molecular formula is C19H18BrN3O4. The van der Waals surface area contributed by atoms with E-state index in [1.54, 1.807) is 38.4 Å². The summed E-state index contributed by atoms with van der Waals surface area (Å²) in [5, 5.41) is 3.96. The molecule has 0 N–H and O–H groups in total. The van der Waals surface area contributed by atoms with Crippen LogP contribution in [-0.2, 0) is 11.3 Å². The van der Waals surface area contributed by atoms with Crippen LogP contribution in [0.4, 0.5) is 0 Å². The molecule has 0 atom stereocenters. The maximum Gasteiger partial charge on any atom is 0.260 e. The first-order chi connectivity index (χ1) is 13.0. The van der Waals surface area contributed by atoms with Gasteiger partial charge in [0.05, 0.1) is 13.7 Å². The Labute approximate surface area is 165 Å². The molecule has 27 heavy (non-hydrogen) atoms. The molecule has 7 nitrogen and oxygen atoms in total. The molecule has 0 spiro atoms. The summed E-state index contributed by atoms with van der Waals surface area (Å²) in [4.78, 5) is 18.1. The first-order valence-electron chi connectivity index (χ1n) is 8.14. The molecule has 0 aliphatic rings. The predicted molar refractivity (Wildman–Crippen MR) is 102 cm³/mol. The maximum atomic E-state index is 12.2. The SMILES string of the molecule is COc1ccc(OCC(=O)N(C)Cc2nc(-c3cccc(Br)c3)no2)cc1. The van der Waals surface area contributed by atoms with Crippen molar-refractivity contribution in [3.8, 4) is 22.9 Å². The lowest BCUT2D eigenvalue weighted by molar-refractivity contribution is -0.132. The summed E-state index contributed by atoms with van der Waals surface area (Å²) in [6.07, 6.45) is 0. The third kappa shape index (κ3) is 5.07. The van der Waals surface area contributed by atoms with Gasteiger partial charge < -0.3 is 18.9 Å². The van der Waals surface area contributed by atoms with Crippen molar-refractivity contribution in [3.05, 3.63) is 58.9 Å². The van der Waals surface area contributed by atoms with Crippen molar-refractivity contribution >= 4 is 21.8 Å². The summed E-state index contributed by atoms with van der Waals surface area (Å²) >= 11 is 3.41. The van der Waals surface area contributed by atoms with Crippen molar-refractivity contribution in [2.45, 2.75) is 6.54 Å². The van der Waals surface area contributed by atoms with Crippen molar-refractivity contribution in [1.29, 1.82) is 0 Å². The van der Waals surface area contributed by atoms with E-state index < -0.39 is 0 Å². The molecule has 0 saturated heterocycles. The fraction of sp³-hybridized carbons (Fsp3) is 0.211. The van der Waals surface area contributed by atoms with E-state index in [-0.39, 0.29) is 19.1 Å². The fourth-order valence-corrected chi connectivity index (χ4v) is 2.68. The minimum atomic E-state index is -0.201. The average molecular weight is 432 g/mol. The number of hydrogen-bond acceptors (Lipinski definition) is 6. The molecule has 1 amide bonds. The normalized spacial score (nSPS) is 10.5. The highest BCUT2D eigenvalue weighted by molar-refractivity contribution is 9.10. The molecule has 0 aliphatic heterocycles. The van der Waals surface area contributed by atoms with Crippen molar-refractivity contribution in [1.82, 2.24) is 15.0 Å². The van der Waals surface area contributed by atoms with Crippen molar-refractivity contribution in [2.24, 2.45) is 0 Å². The first-order valence-corrected chi connectivity index (χ1v) is 8.94. The Morgan fingerprint density at radius 2 is 1.93 bits per heavy atom. The minimum Gasteiger partial charge on any atom is -0.497 e. The summed E-state index contributed by atoms with van der Waals surface area (Å²) in [5.41, 5.74) is 0.830.